The van der Waals surface area contributed by atoms with Crippen molar-refractivity contribution in [1.29, 1.82) is 0 Å². The lowest BCUT2D eigenvalue weighted by atomic mass is 10.1. The number of aliphatic imine (C=N–C) groups is 1. The maximum atomic E-state index is 12.5. The van der Waals surface area contributed by atoms with Gasteiger partial charge in [-0.05, 0) is 59.9 Å². The second kappa shape index (κ2) is 12.7. The fraction of sp³-hybridized carbons (Fsp3) is 0.565. The van der Waals surface area contributed by atoms with Crippen molar-refractivity contribution in [2.45, 2.75) is 78.2 Å². The highest BCUT2D eigenvalue weighted by atomic mass is 16.6. The highest BCUT2D eigenvalue weighted by Gasteiger charge is 2.28. The van der Waals surface area contributed by atoms with E-state index in [1.807, 2.05) is 30.3 Å². The van der Waals surface area contributed by atoms with E-state index in [1.54, 1.807) is 41.5 Å². The van der Waals surface area contributed by atoms with Crippen LogP contribution >= 0.6 is 0 Å². The van der Waals surface area contributed by atoms with Crippen molar-refractivity contribution in [3.05, 3.63) is 35.9 Å². The summed E-state index contributed by atoms with van der Waals surface area (Å²) in [6, 6.07) is 8.29. The third-order valence-electron chi connectivity index (χ3n) is 3.76. The summed E-state index contributed by atoms with van der Waals surface area (Å²) in [4.78, 5) is 40.5. The molecule has 10 heteroatoms. The molecule has 2 amide bonds. The molecule has 1 aromatic carbocycles. The molecule has 0 saturated carbocycles. The summed E-state index contributed by atoms with van der Waals surface area (Å²) in [5, 5.41) is 4.88. The van der Waals surface area contributed by atoms with Gasteiger partial charge in [0.05, 0.1) is 0 Å². The molecule has 0 bridgehead atoms. The Labute approximate surface area is 195 Å². The highest BCUT2D eigenvalue weighted by molar-refractivity contribution is 5.92. The lowest BCUT2D eigenvalue weighted by Crippen LogP contribution is -2.46. The molecule has 0 radical (unpaired) electrons. The number of guanidine groups is 1. The van der Waals surface area contributed by atoms with Gasteiger partial charge in [-0.1, -0.05) is 30.3 Å². The SMILES string of the molecule is CC(C)(C)OC(=O)NC(CCCN=C(N)NC(=O)OCc1ccccc1)C(=O)OC(C)(C)C. The van der Waals surface area contributed by atoms with Gasteiger partial charge in [-0.25, -0.2) is 14.4 Å². The van der Waals surface area contributed by atoms with Crippen LogP contribution in [0, 0.1) is 0 Å². The maximum absolute atomic E-state index is 12.5. The van der Waals surface area contributed by atoms with E-state index < -0.39 is 35.4 Å². The fourth-order valence-corrected chi connectivity index (χ4v) is 2.47. The number of nitrogens with zero attached hydrogens (tertiary/aromatic N) is 1. The summed E-state index contributed by atoms with van der Waals surface area (Å²) in [5.41, 5.74) is 5.13. The molecular formula is C23H36N4O6. The molecule has 4 N–H and O–H groups in total. The molecule has 0 spiro atoms. The van der Waals surface area contributed by atoms with Crippen LogP contribution in [0.2, 0.25) is 0 Å². The fourth-order valence-electron chi connectivity index (χ4n) is 2.47. The lowest BCUT2D eigenvalue weighted by molar-refractivity contribution is -0.157. The van der Waals surface area contributed by atoms with E-state index in [0.29, 0.717) is 6.42 Å². The Morgan fingerprint density at radius 2 is 1.58 bits per heavy atom. The van der Waals surface area contributed by atoms with Crippen LogP contribution in [0.25, 0.3) is 0 Å². The van der Waals surface area contributed by atoms with Crippen LogP contribution < -0.4 is 16.4 Å². The Kier molecular flexibility index (Phi) is 10.6. The van der Waals surface area contributed by atoms with Gasteiger partial charge < -0.3 is 25.3 Å². The number of nitrogens with one attached hydrogen (secondary N) is 2. The Morgan fingerprint density at radius 1 is 0.970 bits per heavy atom. The van der Waals surface area contributed by atoms with Crippen LogP contribution in [0.15, 0.2) is 35.3 Å². The molecule has 0 saturated heterocycles. The summed E-state index contributed by atoms with van der Waals surface area (Å²) < 4.78 is 15.7. The first-order chi connectivity index (χ1) is 15.2. The van der Waals surface area contributed by atoms with Crippen LogP contribution in [0.1, 0.15) is 59.9 Å². The zero-order valence-corrected chi connectivity index (χ0v) is 20.3. The minimum Gasteiger partial charge on any atom is -0.458 e. The van der Waals surface area contributed by atoms with E-state index in [1.165, 1.54) is 0 Å². The third-order valence-corrected chi connectivity index (χ3v) is 3.76. The van der Waals surface area contributed by atoms with Crippen molar-refractivity contribution in [2.24, 2.45) is 10.7 Å². The van der Waals surface area contributed by atoms with Crippen molar-refractivity contribution < 1.29 is 28.6 Å². The monoisotopic (exact) mass is 464 g/mol. The molecule has 0 heterocycles. The largest absolute Gasteiger partial charge is 0.458 e. The molecule has 0 aliphatic carbocycles. The minimum atomic E-state index is -0.917. The summed E-state index contributed by atoms with van der Waals surface area (Å²) in [6.07, 6.45) is -0.813. The first-order valence-electron chi connectivity index (χ1n) is 10.8. The zero-order chi connectivity index (χ0) is 25.1. The standard InChI is InChI=1S/C23H36N4O6/c1-22(2,3)32-18(28)17(26-21(30)33-23(4,5)6)13-10-14-25-19(24)27-20(29)31-15-16-11-8-7-9-12-16/h7-9,11-12,17H,10,13-15H2,1-6H3,(H,26,30)(H3,24,25,27,29). The topological polar surface area (TPSA) is 141 Å². The Balaban J connectivity index is 2.54. The van der Waals surface area contributed by atoms with Crippen LogP contribution in [-0.4, -0.2) is 47.9 Å². The Morgan fingerprint density at radius 3 is 2.15 bits per heavy atom. The van der Waals surface area contributed by atoms with Gasteiger partial charge in [0.25, 0.3) is 0 Å². The van der Waals surface area contributed by atoms with E-state index >= 15 is 0 Å². The normalized spacial score (nSPS) is 13.0. The summed E-state index contributed by atoms with van der Waals surface area (Å²) in [6.45, 7) is 10.7. The smallest absolute Gasteiger partial charge is 0.414 e. The number of hydrogen-bond donors (Lipinski definition) is 3. The average Bonchev–Trinajstić information content (AvgIpc) is 2.66. The summed E-state index contributed by atoms with van der Waals surface area (Å²) >= 11 is 0. The second-order valence-corrected chi connectivity index (χ2v) is 9.33. The summed E-state index contributed by atoms with van der Waals surface area (Å²) in [5.74, 6) is -0.685. The van der Waals surface area contributed by atoms with Gasteiger partial charge in [0, 0.05) is 6.54 Å². The highest BCUT2D eigenvalue weighted by Crippen LogP contribution is 2.12. The Bertz CT molecular complexity index is 812. The van der Waals surface area contributed by atoms with Crippen LogP contribution in [0.3, 0.4) is 0 Å². The predicted molar refractivity (Wildman–Crippen MR) is 124 cm³/mol. The molecular weight excluding hydrogens is 428 g/mol. The molecule has 1 aromatic rings. The molecule has 0 aromatic heterocycles. The molecule has 184 valence electrons. The van der Waals surface area contributed by atoms with Gasteiger partial charge in [-0.15, -0.1) is 0 Å². The van der Waals surface area contributed by atoms with Crippen LogP contribution in [0.4, 0.5) is 9.59 Å². The van der Waals surface area contributed by atoms with Gasteiger partial charge in [0.2, 0.25) is 0 Å². The molecule has 1 atom stereocenters. The zero-order valence-electron chi connectivity index (χ0n) is 20.3. The van der Waals surface area contributed by atoms with Crippen LogP contribution in [0.5, 0.6) is 0 Å². The van der Waals surface area contributed by atoms with Gasteiger partial charge in [0.15, 0.2) is 5.96 Å². The van der Waals surface area contributed by atoms with E-state index in [9.17, 15) is 14.4 Å². The van der Waals surface area contributed by atoms with Crippen molar-refractivity contribution in [1.82, 2.24) is 10.6 Å². The van der Waals surface area contributed by atoms with E-state index in [0.717, 1.165) is 5.56 Å². The number of ether oxygens (including phenoxy) is 3. The number of nitrogens with two attached hydrogens (primary N) is 1. The molecule has 1 rings (SSSR count). The number of rotatable bonds is 8. The van der Waals surface area contributed by atoms with Gasteiger partial charge in [-0.2, -0.15) is 0 Å². The minimum absolute atomic E-state index is 0.105. The molecule has 0 aliphatic rings. The van der Waals surface area contributed by atoms with Crippen LogP contribution in [-0.2, 0) is 25.6 Å². The lowest BCUT2D eigenvalue weighted by Gasteiger charge is -2.26. The van der Waals surface area contributed by atoms with Crippen molar-refractivity contribution >= 4 is 24.1 Å². The third kappa shape index (κ3) is 13.7. The predicted octanol–water partition coefficient (Wildman–Crippen LogP) is 3.24. The Hall–Kier alpha value is -3.30. The first-order valence-corrected chi connectivity index (χ1v) is 10.8. The first kappa shape index (κ1) is 27.7. The second-order valence-electron chi connectivity index (χ2n) is 9.33. The van der Waals surface area contributed by atoms with Crippen molar-refractivity contribution in [2.75, 3.05) is 6.54 Å². The van der Waals surface area contributed by atoms with E-state index in [2.05, 4.69) is 15.6 Å². The summed E-state index contributed by atoms with van der Waals surface area (Å²) in [7, 11) is 0. The number of carbonyl (C=O) groups is 3. The molecule has 1 unspecified atom stereocenters. The molecule has 0 aliphatic heterocycles. The number of benzene rings is 1. The van der Waals surface area contributed by atoms with Gasteiger partial charge >= 0.3 is 18.2 Å². The number of carbonyl (C=O) groups excluding carboxylic acids is 3. The van der Waals surface area contributed by atoms with Gasteiger partial charge in [0.1, 0.15) is 23.9 Å². The number of hydrogen-bond acceptors (Lipinski definition) is 7. The van der Waals surface area contributed by atoms with Crippen molar-refractivity contribution in [3.8, 4) is 0 Å². The molecule has 0 fully saturated rings. The van der Waals surface area contributed by atoms with Gasteiger partial charge in [-0.3, -0.25) is 10.3 Å². The number of amides is 2. The van der Waals surface area contributed by atoms with E-state index in [-0.39, 0.29) is 25.5 Å². The van der Waals surface area contributed by atoms with Crippen molar-refractivity contribution in [3.63, 3.8) is 0 Å². The number of alkyl carbamates (subject to hydrolysis) is 2. The quantitative estimate of drug-likeness (QED) is 0.176. The van der Waals surface area contributed by atoms with E-state index in [4.69, 9.17) is 19.9 Å². The molecule has 33 heavy (non-hydrogen) atoms. The maximum Gasteiger partial charge on any atom is 0.414 e. The molecule has 10 nitrogen and oxygen atoms in total. The average molecular weight is 465 g/mol. The number of esters is 1.